The molecule has 0 atom stereocenters. The molecule has 0 radical (unpaired) electrons. The van der Waals surface area contributed by atoms with Crippen molar-refractivity contribution in [2.24, 2.45) is 0 Å². The van der Waals surface area contributed by atoms with E-state index in [1.165, 1.54) is 6.92 Å². The Morgan fingerprint density at radius 1 is 1.39 bits per heavy atom. The zero-order chi connectivity index (χ0) is 13.1. The fourth-order valence-electron chi connectivity index (χ4n) is 1.32. The van der Waals surface area contributed by atoms with Crippen LogP contribution in [0.2, 0.25) is 0 Å². The smallest absolute Gasteiger partial charge is 0.257 e. The van der Waals surface area contributed by atoms with E-state index in [2.05, 4.69) is 25.9 Å². The van der Waals surface area contributed by atoms with Crippen LogP contribution < -0.4 is 5.56 Å². The van der Waals surface area contributed by atoms with E-state index < -0.39 is 0 Å². The predicted octanol–water partition coefficient (Wildman–Crippen LogP) is 2.84. The van der Waals surface area contributed by atoms with Crippen molar-refractivity contribution >= 4 is 27.7 Å². The van der Waals surface area contributed by atoms with Crippen LogP contribution in [0.4, 0.5) is 0 Å². The van der Waals surface area contributed by atoms with Gasteiger partial charge in [0.1, 0.15) is 5.82 Å². The molecule has 2 aromatic rings. The highest BCUT2D eigenvalue weighted by Gasteiger charge is 2.06. The molecule has 0 spiro atoms. The summed E-state index contributed by atoms with van der Waals surface area (Å²) in [4.78, 5) is 19.1. The van der Waals surface area contributed by atoms with Crippen molar-refractivity contribution in [3.8, 4) is 5.88 Å². The molecular formula is C12H11BrN2O2S. The number of thioether (sulfide) groups is 1. The molecule has 1 aromatic heterocycles. The van der Waals surface area contributed by atoms with E-state index in [0.717, 1.165) is 9.37 Å². The molecule has 0 bridgehead atoms. The van der Waals surface area contributed by atoms with Gasteiger partial charge in [0.2, 0.25) is 5.88 Å². The highest BCUT2D eigenvalue weighted by Crippen LogP contribution is 2.23. The Morgan fingerprint density at radius 2 is 2.06 bits per heavy atom. The van der Waals surface area contributed by atoms with Crippen molar-refractivity contribution in [2.75, 3.05) is 0 Å². The minimum absolute atomic E-state index is 0.204. The number of hydrogen-bond donors (Lipinski definition) is 2. The second-order valence-electron chi connectivity index (χ2n) is 3.70. The zero-order valence-electron chi connectivity index (χ0n) is 9.61. The lowest BCUT2D eigenvalue weighted by molar-refractivity contribution is 0.444. The van der Waals surface area contributed by atoms with Gasteiger partial charge in [-0.2, -0.15) is 4.98 Å². The Hall–Kier alpha value is -1.27. The number of benzene rings is 1. The largest absolute Gasteiger partial charge is 0.493 e. The van der Waals surface area contributed by atoms with Crippen LogP contribution in [0.5, 0.6) is 5.88 Å². The Balaban J connectivity index is 2.11. The highest BCUT2D eigenvalue weighted by molar-refractivity contribution is 9.10. The van der Waals surface area contributed by atoms with Gasteiger partial charge < -0.3 is 10.1 Å². The monoisotopic (exact) mass is 326 g/mol. The van der Waals surface area contributed by atoms with Crippen LogP contribution in [0.25, 0.3) is 0 Å². The number of rotatable bonds is 3. The summed E-state index contributed by atoms with van der Waals surface area (Å²) in [6, 6.07) is 7.85. The predicted molar refractivity (Wildman–Crippen MR) is 75.0 cm³/mol. The van der Waals surface area contributed by atoms with E-state index in [4.69, 9.17) is 0 Å². The quantitative estimate of drug-likeness (QED) is 0.851. The van der Waals surface area contributed by atoms with E-state index in [1.54, 1.807) is 11.8 Å². The van der Waals surface area contributed by atoms with Crippen LogP contribution in [0.1, 0.15) is 11.4 Å². The summed E-state index contributed by atoms with van der Waals surface area (Å²) < 4.78 is 1.02. The molecule has 0 saturated carbocycles. The van der Waals surface area contributed by atoms with Crippen molar-refractivity contribution in [1.82, 2.24) is 9.97 Å². The van der Waals surface area contributed by atoms with Gasteiger partial charge in [-0.05, 0) is 31.2 Å². The normalized spacial score (nSPS) is 10.6. The average molecular weight is 327 g/mol. The van der Waals surface area contributed by atoms with Gasteiger partial charge in [0.25, 0.3) is 5.56 Å². The van der Waals surface area contributed by atoms with Crippen LogP contribution >= 0.6 is 27.7 Å². The molecule has 2 N–H and O–H groups in total. The summed E-state index contributed by atoms with van der Waals surface area (Å²) in [7, 11) is 0. The molecule has 94 valence electrons. The van der Waals surface area contributed by atoms with Crippen molar-refractivity contribution in [1.29, 1.82) is 0 Å². The Labute approximate surface area is 117 Å². The third-order valence-corrected chi connectivity index (χ3v) is 3.92. The molecule has 0 aliphatic rings. The number of aromatic nitrogens is 2. The summed E-state index contributed by atoms with van der Waals surface area (Å²) in [5, 5.41) is 9.47. The molecule has 2 rings (SSSR count). The zero-order valence-corrected chi connectivity index (χ0v) is 12.0. The van der Waals surface area contributed by atoms with E-state index in [9.17, 15) is 9.90 Å². The molecule has 18 heavy (non-hydrogen) atoms. The van der Waals surface area contributed by atoms with Crippen LogP contribution in [0.3, 0.4) is 0 Å². The molecule has 0 amide bonds. The van der Waals surface area contributed by atoms with Crippen molar-refractivity contribution < 1.29 is 5.11 Å². The summed E-state index contributed by atoms with van der Waals surface area (Å²) in [6.07, 6.45) is 0. The molecule has 1 aromatic carbocycles. The first-order valence-corrected chi connectivity index (χ1v) is 7.01. The van der Waals surface area contributed by atoms with Crippen LogP contribution in [-0.4, -0.2) is 15.1 Å². The Kier molecular flexibility index (Phi) is 4.08. The van der Waals surface area contributed by atoms with E-state index in [1.807, 2.05) is 24.3 Å². The van der Waals surface area contributed by atoms with Crippen molar-refractivity contribution in [3.05, 3.63) is 50.5 Å². The summed E-state index contributed by atoms with van der Waals surface area (Å²) >= 11 is 4.91. The number of H-pyrrole nitrogens is 1. The fraction of sp³-hybridized carbons (Fsp3) is 0.167. The minimum Gasteiger partial charge on any atom is -0.493 e. The summed E-state index contributed by atoms with van der Waals surface area (Å²) in [5.74, 6) is 0.770. The van der Waals surface area contributed by atoms with E-state index in [-0.39, 0.29) is 17.0 Å². The average Bonchev–Trinajstić information content (AvgIpc) is 2.35. The van der Waals surface area contributed by atoms with Crippen molar-refractivity contribution in [3.63, 3.8) is 0 Å². The van der Waals surface area contributed by atoms with E-state index >= 15 is 0 Å². The maximum Gasteiger partial charge on any atom is 0.257 e. The highest BCUT2D eigenvalue weighted by atomic mass is 79.9. The van der Waals surface area contributed by atoms with E-state index in [0.29, 0.717) is 11.6 Å². The summed E-state index contributed by atoms with van der Waals surface area (Å²) in [5.41, 5.74) is -0.0544. The molecule has 0 unspecified atom stereocenters. The standard InChI is InChI=1S/C12H11BrN2O2S/c1-7-11(16)14-10(15-12(7)17)6-18-9-4-2-8(13)3-5-9/h2-5H,6H2,1H3,(H2,14,15,16,17). The lowest BCUT2D eigenvalue weighted by Crippen LogP contribution is -2.13. The SMILES string of the molecule is Cc1c(O)nc(CSc2ccc(Br)cc2)[nH]c1=O. The third kappa shape index (κ3) is 3.14. The van der Waals surface area contributed by atoms with Gasteiger partial charge in [-0.25, -0.2) is 0 Å². The second-order valence-corrected chi connectivity index (χ2v) is 5.67. The maximum atomic E-state index is 11.4. The minimum atomic E-state index is -0.297. The first kappa shape index (κ1) is 13.2. The molecule has 6 heteroatoms. The maximum absolute atomic E-state index is 11.4. The topological polar surface area (TPSA) is 66.0 Å². The Bertz CT molecular complexity index is 610. The van der Waals surface area contributed by atoms with Crippen LogP contribution in [-0.2, 0) is 5.75 Å². The Morgan fingerprint density at radius 3 is 2.67 bits per heavy atom. The van der Waals surface area contributed by atoms with Gasteiger partial charge in [-0.15, -0.1) is 11.8 Å². The van der Waals surface area contributed by atoms with Crippen molar-refractivity contribution in [2.45, 2.75) is 17.6 Å². The second kappa shape index (κ2) is 5.58. The molecule has 0 aliphatic heterocycles. The number of aromatic hydroxyl groups is 1. The first-order valence-electron chi connectivity index (χ1n) is 5.23. The number of hydrogen-bond acceptors (Lipinski definition) is 4. The third-order valence-electron chi connectivity index (χ3n) is 2.36. The molecule has 0 aliphatic carbocycles. The van der Waals surface area contributed by atoms with Gasteiger partial charge in [0.05, 0.1) is 11.3 Å². The van der Waals surface area contributed by atoms with Crippen LogP contribution in [0, 0.1) is 6.92 Å². The lowest BCUT2D eigenvalue weighted by atomic mass is 10.3. The molecule has 0 fully saturated rings. The number of aromatic amines is 1. The number of nitrogens with zero attached hydrogens (tertiary/aromatic N) is 1. The molecular weight excluding hydrogens is 316 g/mol. The van der Waals surface area contributed by atoms with Gasteiger partial charge in [-0.3, -0.25) is 4.79 Å². The van der Waals surface area contributed by atoms with Crippen LogP contribution in [0.15, 0.2) is 38.4 Å². The van der Waals surface area contributed by atoms with Gasteiger partial charge in [-0.1, -0.05) is 15.9 Å². The fourth-order valence-corrected chi connectivity index (χ4v) is 2.35. The van der Waals surface area contributed by atoms with Gasteiger partial charge in [0, 0.05) is 9.37 Å². The number of nitrogens with one attached hydrogen (secondary N) is 1. The summed E-state index contributed by atoms with van der Waals surface area (Å²) in [6.45, 7) is 1.53. The lowest BCUT2D eigenvalue weighted by Gasteiger charge is -2.03. The molecule has 0 saturated heterocycles. The molecule has 1 heterocycles. The number of halogens is 1. The first-order chi connectivity index (χ1) is 8.56. The van der Waals surface area contributed by atoms with Gasteiger partial charge in [0.15, 0.2) is 0 Å². The van der Waals surface area contributed by atoms with Gasteiger partial charge >= 0.3 is 0 Å². The molecule has 4 nitrogen and oxygen atoms in total.